The lowest BCUT2D eigenvalue weighted by molar-refractivity contribution is 0.102. The number of nitrogens with one attached hydrogen (secondary N) is 2. The summed E-state index contributed by atoms with van der Waals surface area (Å²) in [6.07, 6.45) is 6.76. The first-order valence-corrected chi connectivity index (χ1v) is 7.67. The van der Waals surface area contributed by atoms with E-state index in [4.69, 9.17) is 0 Å². The zero-order chi connectivity index (χ0) is 16.8. The van der Waals surface area contributed by atoms with Gasteiger partial charge in [-0.05, 0) is 42.3 Å². The quantitative estimate of drug-likeness (QED) is 0.753. The van der Waals surface area contributed by atoms with Crippen molar-refractivity contribution >= 4 is 17.3 Å². The van der Waals surface area contributed by atoms with E-state index in [0.717, 1.165) is 22.5 Å². The Hall–Kier alpha value is -3.21. The largest absolute Gasteiger partial charge is 0.380 e. The molecule has 1 aromatic carbocycles. The topological polar surface area (TPSA) is 66.9 Å². The molecule has 5 nitrogen and oxygen atoms in total. The maximum atomic E-state index is 12.4. The van der Waals surface area contributed by atoms with Gasteiger partial charge in [0.25, 0.3) is 5.91 Å². The van der Waals surface area contributed by atoms with E-state index in [2.05, 4.69) is 20.6 Å². The fourth-order valence-electron chi connectivity index (χ4n) is 2.27. The van der Waals surface area contributed by atoms with Gasteiger partial charge in [-0.2, -0.15) is 0 Å². The lowest BCUT2D eigenvalue weighted by atomic mass is 10.2. The van der Waals surface area contributed by atoms with E-state index >= 15 is 0 Å². The maximum absolute atomic E-state index is 12.4. The first-order valence-electron chi connectivity index (χ1n) is 7.67. The van der Waals surface area contributed by atoms with Crippen LogP contribution in [-0.2, 0) is 6.54 Å². The van der Waals surface area contributed by atoms with Crippen molar-refractivity contribution in [1.82, 2.24) is 9.97 Å². The summed E-state index contributed by atoms with van der Waals surface area (Å²) in [5.74, 6) is -0.177. The van der Waals surface area contributed by atoms with Crippen molar-refractivity contribution in [3.05, 3.63) is 83.9 Å². The second-order valence-electron chi connectivity index (χ2n) is 5.44. The van der Waals surface area contributed by atoms with Crippen LogP contribution in [0.1, 0.15) is 21.5 Å². The van der Waals surface area contributed by atoms with Gasteiger partial charge in [0, 0.05) is 37.0 Å². The highest BCUT2D eigenvalue weighted by Gasteiger charge is 2.08. The van der Waals surface area contributed by atoms with Gasteiger partial charge >= 0.3 is 0 Å². The van der Waals surface area contributed by atoms with Gasteiger partial charge in [0.15, 0.2) is 0 Å². The Morgan fingerprint density at radius 3 is 2.62 bits per heavy atom. The second kappa shape index (κ2) is 7.37. The van der Waals surface area contributed by atoms with Crippen molar-refractivity contribution in [2.24, 2.45) is 0 Å². The van der Waals surface area contributed by atoms with Crippen molar-refractivity contribution in [3.63, 3.8) is 0 Å². The van der Waals surface area contributed by atoms with Crippen molar-refractivity contribution in [3.8, 4) is 0 Å². The number of pyridine rings is 2. The molecule has 120 valence electrons. The molecule has 24 heavy (non-hydrogen) atoms. The summed E-state index contributed by atoms with van der Waals surface area (Å²) in [6.45, 7) is 2.60. The number of nitrogens with zero attached hydrogens (tertiary/aromatic N) is 2. The van der Waals surface area contributed by atoms with Gasteiger partial charge in [0.1, 0.15) is 0 Å². The van der Waals surface area contributed by atoms with Crippen LogP contribution in [0.3, 0.4) is 0 Å². The molecular formula is C19H18N4O. The van der Waals surface area contributed by atoms with Crippen molar-refractivity contribution in [2.75, 3.05) is 10.6 Å². The molecular weight excluding hydrogens is 300 g/mol. The van der Waals surface area contributed by atoms with E-state index in [9.17, 15) is 4.79 Å². The van der Waals surface area contributed by atoms with Crippen LogP contribution < -0.4 is 10.6 Å². The van der Waals surface area contributed by atoms with Crippen LogP contribution in [0, 0.1) is 6.92 Å². The number of aryl methyl sites for hydroxylation is 1. The maximum Gasteiger partial charge on any atom is 0.257 e. The molecule has 0 unspecified atom stereocenters. The van der Waals surface area contributed by atoms with Crippen LogP contribution in [0.4, 0.5) is 11.4 Å². The molecule has 5 heteroatoms. The fourth-order valence-corrected chi connectivity index (χ4v) is 2.27. The minimum Gasteiger partial charge on any atom is -0.380 e. The predicted octanol–water partition coefficient (Wildman–Crippen LogP) is 3.65. The van der Waals surface area contributed by atoms with Crippen LogP contribution in [0.15, 0.2) is 67.3 Å². The Labute approximate surface area is 140 Å². The van der Waals surface area contributed by atoms with Gasteiger partial charge < -0.3 is 10.6 Å². The summed E-state index contributed by atoms with van der Waals surface area (Å²) in [7, 11) is 0. The smallest absolute Gasteiger partial charge is 0.257 e. The third-order valence-electron chi connectivity index (χ3n) is 3.64. The van der Waals surface area contributed by atoms with Gasteiger partial charge in [0.05, 0.1) is 11.3 Å². The fraction of sp³-hybridized carbons (Fsp3) is 0.105. The monoisotopic (exact) mass is 318 g/mol. The summed E-state index contributed by atoms with van der Waals surface area (Å²) >= 11 is 0. The minimum absolute atomic E-state index is 0.177. The lowest BCUT2D eigenvalue weighted by Crippen LogP contribution is -2.13. The molecule has 0 bridgehead atoms. The number of aromatic nitrogens is 2. The molecule has 2 heterocycles. The van der Waals surface area contributed by atoms with Gasteiger partial charge in [-0.25, -0.2) is 0 Å². The predicted molar refractivity (Wildman–Crippen MR) is 94.9 cm³/mol. The van der Waals surface area contributed by atoms with Crippen LogP contribution in [0.2, 0.25) is 0 Å². The molecule has 0 saturated heterocycles. The summed E-state index contributed by atoms with van der Waals surface area (Å²) in [5, 5.41) is 6.17. The number of amides is 1. The SMILES string of the molecule is Cc1ccccc1NC(=O)c1cncc(NCc2ccncc2)c1. The van der Waals surface area contributed by atoms with Crippen LogP contribution in [-0.4, -0.2) is 15.9 Å². The van der Waals surface area contributed by atoms with Gasteiger partial charge in [-0.1, -0.05) is 18.2 Å². The molecule has 1 amide bonds. The number of carbonyl (C=O) groups excluding carboxylic acids is 1. The molecule has 0 fully saturated rings. The Kier molecular flexibility index (Phi) is 4.81. The third-order valence-corrected chi connectivity index (χ3v) is 3.64. The number of carbonyl (C=O) groups is 1. The van der Waals surface area contributed by atoms with Crippen molar-refractivity contribution in [2.45, 2.75) is 13.5 Å². The van der Waals surface area contributed by atoms with Gasteiger partial charge in [-0.15, -0.1) is 0 Å². The van der Waals surface area contributed by atoms with Crippen molar-refractivity contribution in [1.29, 1.82) is 0 Å². The van der Waals surface area contributed by atoms with Crippen molar-refractivity contribution < 1.29 is 4.79 Å². The Morgan fingerprint density at radius 1 is 1.04 bits per heavy atom. The Bertz CT molecular complexity index is 834. The van der Waals surface area contributed by atoms with Gasteiger partial charge in [-0.3, -0.25) is 14.8 Å². The average molecular weight is 318 g/mol. The summed E-state index contributed by atoms with van der Waals surface area (Å²) in [4.78, 5) is 20.5. The van der Waals surface area contributed by atoms with E-state index in [0.29, 0.717) is 12.1 Å². The second-order valence-corrected chi connectivity index (χ2v) is 5.44. The highest BCUT2D eigenvalue weighted by Crippen LogP contribution is 2.16. The normalized spacial score (nSPS) is 10.2. The summed E-state index contributed by atoms with van der Waals surface area (Å²) < 4.78 is 0. The molecule has 3 rings (SSSR count). The molecule has 0 aliphatic carbocycles. The number of para-hydroxylation sites is 1. The number of hydrogen-bond donors (Lipinski definition) is 2. The minimum atomic E-state index is -0.177. The molecule has 3 aromatic rings. The molecule has 2 N–H and O–H groups in total. The third kappa shape index (κ3) is 3.95. The zero-order valence-corrected chi connectivity index (χ0v) is 13.4. The lowest BCUT2D eigenvalue weighted by Gasteiger charge is -2.10. The van der Waals surface area contributed by atoms with E-state index < -0.39 is 0 Å². The molecule has 2 aromatic heterocycles. The van der Waals surface area contributed by atoms with Crippen LogP contribution in [0.25, 0.3) is 0 Å². The standard InChI is InChI=1S/C19H18N4O/c1-14-4-2-3-5-18(14)23-19(24)16-10-17(13-21-12-16)22-11-15-6-8-20-9-7-15/h2-10,12-13,22H,11H2,1H3,(H,23,24). The summed E-state index contributed by atoms with van der Waals surface area (Å²) in [5.41, 5.74) is 4.24. The first kappa shape index (κ1) is 15.7. The molecule has 0 aliphatic heterocycles. The Balaban J connectivity index is 1.68. The number of benzene rings is 1. The first-order chi connectivity index (χ1) is 11.7. The molecule has 0 saturated carbocycles. The van der Waals surface area contributed by atoms with Crippen LogP contribution >= 0.6 is 0 Å². The molecule has 0 atom stereocenters. The van der Waals surface area contributed by atoms with Gasteiger partial charge in [0.2, 0.25) is 0 Å². The summed E-state index contributed by atoms with van der Waals surface area (Å²) in [6, 6.07) is 13.3. The van der Waals surface area contributed by atoms with Crippen LogP contribution in [0.5, 0.6) is 0 Å². The average Bonchev–Trinajstić information content (AvgIpc) is 2.63. The number of anilines is 2. The number of hydrogen-bond acceptors (Lipinski definition) is 4. The molecule has 0 radical (unpaired) electrons. The zero-order valence-electron chi connectivity index (χ0n) is 13.4. The van der Waals surface area contributed by atoms with E-state index in [1.807, 2.05) is 43.3 Å². The number of rotatable bonds is 5. The van der Waals surface area contributed by atoms with E-state index in [1.54, 1.807) is 30.9 Å². The Morgan fingerprint density at radius 2 is 1.83 bits per heavy atom. The van der Waals surface area contributed by atoms with E-state index in [1.165, 1.54) is 0 Å². The molecule has 0 spiro atoms. The molecule has 0 aliphatic rings. The highest BCUT2D eigenvalue weighted by atomic mass is 16.1. The highest BCUT2D eigenvalue weighted by molar-refractivity contribution is 6.04. The van der Waals surface area contributed by atoms with E-state index in [-0.39, 0.29) is 5.91 Å².